The monoisotopic (exact) mass is 361 g/mol. The smallest absolute Gasteiger partial charge is 0.269 e. The number of aryl methyl sites for hydroxylation is 2. The van der Waals surface area contributed by atoms with Gasteiger partial charge in [-0.25, -0.2) is 4.98 Å². The number of nitrogens with one attached hydrogen (secondary N) is 2. The van der Waals surface area contributed by atoms with Crippen LogP contribution in [0.3, 0.4) is 0 Å². The van der Waals surface area contributed by atoms with E-state index in [0.29, 0.717) is 27.0 Å². The minimum Gasteiger partial charge on any atom is -0.494 e. The first kappa shape index (κ1) is 16.5. The van der Waals surface area contributed by atoms with Crippen molar-refractivity contribution in [2.45, 2.75) is 13.8 Å². The largest absolute Gasteiger partial charge is 0.494 e. The fourth-order valence-electron chi connectivity index (χ4n) is 2.24. The van der Waals surface area contributed by atoms with Crippen LogP contribution in [0.5, 0.6) is 5.75 Å². The lowest BCUT2D eigenvalue weighted by molar-refractivity contribution is 0.0962. The second-order valence-corrected chi connectivity index (χ2v) is 6.73. The molecule has 124 valence electrons. The summed E-state index contributed by atoms with van der Waals surface area (Å²) >= 11 is 7.54. The molecule has 24 heavy (non-hydrogen) atoms. The van der Waals surface area contributed by atoms with Crippen molar-refractivity contribution in [2.24, 2.45) is 0 Å². The van der Waals surface area contributed by atoms with E-state index in [9.17, 15) is 4.79 Å². The van der Waals surface area contributed by atoms with Gasteiger partial charge in [0.15, 0.2) is 0 Å². The number of carbonyl (C=O) groups is 1. The predicted octanol–water partition coefficient (Wildman–Crippen LogP) is 4.33. The Balaban J connectivity index is 1.79. The Morgan fingerprint density at radius 1 is 1.21 bits per heavy atom. The molecule has 0 aliphatic carbocycles. The first-order chi connectivity index (χ1) is 11.5. The SMILES string of the molecule is COc1ccc(Cl)c2sc(NNC(=O)c3ccc(C)c(C)c3)nc12. The Bertz CT molecular complexity index is 924. The predicted molar refractivity (Wildman–Crippen MR) is 98.2 cm³/mol. The summed E-state index contributed by atoms with van der Waals surface area (Å²) in [4.78, 5) is 16.7. The number of ether oxygens (including phenoxy) is 1. The number of methoxy groups -OCH3 is 1. The summed E-state index contributed by atoms with van der Waals surface area (Å²) in [5.41, 5.74) is 8.96. The van der Waals surface area contributed by atoms with Crippen LogP contribution in [-0.2, 0) is 0 Å². The van der Waals surface area contributed by atoms with Gasteiger partial charge in [-0.2, -0.15) is 0 Å². The summed E-state index contributed by atoms with van der Waals surface area (Å²) in [6.45, 7) is 3.98. The fraction of sp³-hybridized carbons (Fsp3) is 0.176. The Kier molecular flexibility index (Phi) is 4.59. The van der Waals surface area contributed by atoms with Crippen LogP contribution in [0, 0.1) is 13.8 Å². The summed E-state index contributed by atoms with van der Waals surface area (Å²) in [6.07, 6.45) is 0. The Morgan fingerprint density at radius 2 is 2.00 bits per heavy atom. The lowest BCUT2D eigenvalue weighted by Crippen LogP contribution is -2.29. The van der Waals surface area contributed by atoms with E-state index in [2.05, 4.69) is 15.8 Å². The molecule has 1 amide bonds. The number of thiazole rings is 1. The number of hydrogen-bond acceptors (Lipinski definition) is 5. The van der Waals surface area contributed by atoms with E-state index >= 15 is 0 Å². The second-order valence-electron chi connectivity index (χ2n) is 5.32. The van der Waals surface area contributed by atoms with Crippen LogP contribution in [0.2, 0.25) is 5.02 Å². The first-order valence-corrected chi connectivity index (χ1v) is 8.45. The van der Waals surface area contributed by atoms with Crippen LogP contribution in [0.1, 0.15) is 21.5 Å². The van der Waals surface area contributed by atoms with Crippen molar-refractivity contribution in [1.82, 2.24) is 10.4 Å². The summed E-state index contributed by atoms with van der Waals surface area (Å²) in [6, 6.07) is 9.09. The number of amides is 1. The van der Waals surface area contributed by atoms with Crippen LogP contribution in [0.15, 0.2) is 30.3 Å². The van der Waals surface area contributed by atoms with E-state index in [1.54, 1.807) is 25.3 Å². The first-order valence-electron chi connectivity index (χ1n) is 7.26. The Labute approximate surface area is 148 Å². The number of halogens is 1. The molecular weight excluding hydrogens is 346 g/mol. The molecule has 0 saturated carbocycles. The van der Waals surface area contributed by atoms with E-state index in [1.807, 2.05) is 26.0 Å². The normalized spacial score (nSPS) is 10.7. The van der Waals surface area contributed by atoms with Gasteiger partial charge in [-0.1, -0.05) is 29.0 Å². The third-order valence-electron chi connectivity index (χ3n) is 3.73. The molecule has 0 bridgehead atoms. The minimum atomic E-state index is -0.226. The van der Waals surface area contributed by atoms with E-state index in [-0.39, 0.29) is 5.91 Å². The summed E-state index contributed by atoms with van der Waals surface area (Å²) < 4.78 is 6.09. The number of nitrogens with zero attached hydrogens (tertiary/aromatic N) is 1. The van der Waals surface area contributed by atoms with E-state index < -0.39 is 0 Å². The molecule has 0 radical (unpaired) electrons. The molecule has 0 fully saturated rings. The Hall–Kier alpha value is -2.31. The number of benzene rings is 2. The molecule has 3 aromatic rings. The highest BCUT2D eigenvalue weighted by Crippen LogP contribution is 2.37. The van der Waals surface area contributed by atoms with Crippen molar-refractivity contribution in [1.29, 1.82) is 0 Å². The Morgan fingerprint density at radius 3 is 2.71 bits per heavy atom. The van der Waals surface area contributed by atoms with Gasteiger partial charge in [0.05, 0.1) is 16.8 Å². The fourth-order valence-corrected chi connectivity index (χ4v) is 3.34. The van der Waals surface area contributed by atoms with Crippen molar-refractivity contribution in [2.75, 3.05) is 12.5 Å². The second kappa shape index (κ2) is 6.67. The van der Waals surface area contributed by atoms with Gasteiger partial charge in [0.25, 0.3) is 5.91 Å². The standard InChI is InChI=1S/C17H16ClN3O2S/c1-9-4-5-11(8-10(9)2)16(22)20-21-17-19-14-13(23-3)7-6-12(18)15(14)24-17/h4-8H,1-3H3,(H,19,21)(H,20,22). The average Bonchev–Trinajstić information content (AvgIpc) is 3.01. The molecule has 0 saturated heterocycles. The molecule has 7 heteroatoms. The van der Waals surface area contributed by atoms with Crippen molar-refractivity contribution in [3.63, 3.8) is 0 Å². The third kappa shape index (κ3) is 3.16. The van der Waals surface area contributed by atoms with Gasteiger partial charge >= 0.3 is 0 Å². The molecule has 0 unspecified atom stereocenters. The lowest BCUT2D eigenvalue weighted by atomic mass is 10.1. The zero-order valence-corrected chi connectivity index (χ0v) is 15.0. The zero-order chi connectivity index (χ0) is 17.3. The molecule has 0 atom stereocenters. The highest BCUT2D eigenvalue weighted by Gasteiger charge is 2.13. The maximum atomic E-state index is 12.2. The lowest BCUT2D eigenvalue weighted by Gasteiger charge is -2.07. The van der Waals surface area contributed by atoms with Crippen molar-refractivity contribution in [3.05, 3.63) is 52.0 Å². The van der Waals surface area contributed by atoms with Crippen molar-refractivity contribution < 1.29 is 9.53 Å². The maximum absolute atomic E-state index is 12.2. The molecule has 5 nitrogen and oxygen atoms in total. The maximum Gasteiger partial charge on any atom is 0.269 e. The third-order valence-corrected chi connectivity index (χ3v) is 5.16. The van der Waals surface area contributed by atoms with Crippen LogP contribution in [-0.4, -0.2) is 18.0 Å². The number of hydrogen-bond donors (Lipinski definition) is 2. The van der Waals surface area contributed by atoms with Gasteiger partial charge in [0.2, 0.25) is 5.13 Å². The zero-order valence-electron chi connectivity index (χ0n) is 13.4. The van der Waals surface area contributed by atoms with Gasteiger partial charge in [0.1, 0.15) is 11.3 Å². The van der Waals surface area contributed by atoms with Crippen LogP contribution in [0.4, 0.5) is 5.13 Å². The molecule has 3 rings (SSSR count). The molecule has 0 aliphatic rings. The molecule has 2 aromatic carbocycles. The summed E-state index contributed by atoms with van der Waals surface area (Å²) in [7, 11) is 1.58. The van der Waals surface area contributed by atoms with Gasteiger partial charge < -0.3 is 4.74 Å². The number of fused-ring (bicyclic) bond motifs is 1. The van der Waals surface area contributed by atoms with Crippen LogP contribution < -0.4 is 15.6 Å². The van der Waals surface area contributed by atoms with Gasteiger partial charge in [-0.15, -0.1) is 0 Å². The summed E-state index contributed by atoms with van der Waals surface area (Å²) in [5, 5.41) is 1.13. The average molecular weight is 362 g/mol. The van der Waals surface area contributed by atoms with Crippen molar-refractivity contribution >= 4 is 44.2 Å². The highest BCUT2D eigenvalue weighted by atomic mass is 35.5. The molecule has 0 spiro atoms. The molecule has 1 heterocycles. The van der Waals surface area contributed by atoms with Crippen LogP contribution in [0.25, 0.3) is 10.2 Å². The van der Waals surface area contributed by atoms with Crippen molar-refractivity contribution in [3.8, 4) is 5.75 Å². The molecule has 2 N–H and O–H groups in total. The van der Waals surface area contributed by atoms with Gasteiger partial charge in [-0.05, 0) is 49.2 Å². The molecular formula is C17H16ClN3O2S. The topological polar surface area (TPSA) is 63.2 Å². The van der Waals surface area contributed by atoms with Gasteiger partial charge in [0, 0.05) is 5.56 Å². The molecule has 1 aromatic heterocycles. The molecule has 0 aliphatic heterocycles. The number of anilines is 1. The van der Waals surface area contributed by atoms with E-state index in [4.69, 9.17) is 16.3 Å². The number of aromatic nitrogens is 1. The quantitative estimate of drug-likeness (QED) is 0.679. The van der Waals surface area contributed by atoms with E-state index in [0.717, 1.165) is 15.8 Å². The minimum absolute atomic E-state index is 0.226. The number of hydrazine groups is 1. The number of rotatable bonds is 4. The van der Waals surface area contributed by atoms with Gasteiger partial charge in [-0.3, -0.25) is 15.6 Å². The highest BCUT2D eigenvalue weighted by molar-refractivity contribution is 7.22. The van der Waals surface area contributed by atoms with Crippen LogP contribution >= 0.6 is 22.9 Å². The summed E-state index contributed by atoms with van der Waals surface area (Å²) in [5.74, 6) is 0.412. The number of carbonyl (C=O) groups excluding carboxylic acids is 1. The van der Waals surface area contributed by atoms with E-state index in [1.165, 1.54) is 11.3 Å².